The molecule has 3 heteroatoms. The fourth-order valence-electron chi connectivity index (χ4n) is 0.530. The SMILES string of the molecule is C=C(C)C(=O)NC(C)(N)C(C)(C)C. The maximum atomic E-state index is 11.3. The van der Waals surface area contributed by atoms with Crippen LogP contribution in [0.25, 0.3) is 0 Å². The number of nitrogens with two attached hydrogens (primary N) is 1. The van der Waals surface area contributed by atoms with Gasteiger partial charge in [0.15, 0.2) is 0 Å². The predicted molar refractivity (Wildman–Crippen MR) is 55.0 cm³/mol. The van der Waals surface area contributed by atoms with Crippen molar-refractivity contribution in [3.63, 3.8) is 0 Å². The Balaban J connectivity index is 4.53. The molecule has 0 fully saturated rings. The number of carbonyl (C=O) groups is 1. The van der Waals surface area contributed by atoms with Crippen molar-refractivity contribution in [1.82, 2.24) is 5.32 Å². The normalized spacial score (nSPS) is 16.2. The van der Waals surface area contributed by atoms with Crippen LogP contribution < -0.4 is 11.1 Å². The van der Waals surface area contributed by atoms with Gasteiger partial charge < -0.3 is 11.1 Å². The molecule has 0 aliphatic rings. The molecule has 0 saturated carbocycles. The lowest BCUT2D eigenvalue weighted by atomic mass is 9.82. The Labute approximate surface area is 80.4 Å². The molecule has 0 aromatic rings. The molecular formula is C10H20N2O. The van der Waals surface area contributed by atoms with Crippen LogP contribution >= 0.6 is 0 Å². The van der Waals surface area contributed by atoms with Gasteiger partial charge >= 0.3 is 0 Å². The molecule has 0 saturated heterocycles. The summed E-state index contributed by atoms with van der Waals surface area (Å²) in [5.41, 5.74) is 5.53. The molecule has 0 rings (SSSR count). The minimum Gasteiger partial charge on any atom is -0.334 e. The first-order chi connectivity index (χ1) is 5.58. The summed E-state index contributed by atoms with van der Waals surface area (Å²) in [5.74, 6) is -0.195. The first kappa shape index (κ1) is 12.2. The van der Waals surface area contributed by atoms with Gasteiger partial charge in [-0.25, -0.2) is 0 Å². The first-order valence-electron chi connectivity index (χ1n) is 4.35. The summed E-state index contributed by atoms with van der Waals surface area (Å²) in [7, 11) is 0. The van der Waals surface area contributed by atoms with E-state index in [-0.39, 0.29) is 11.3 Å². The third-order valence-electron chi connectivity index (χ3n) is 2.32. The van der Waals surface area contributed by atoms with Crippen molar-refractivity contribution in [2.24, 2.45) is 11.1 Å². The minimum absolute atomic E-state index is 0.182. The van der Waals surface area contributed by atoms with E-state index >= 15 is 0 Å². The lowest BCUT2D eigenvalue weighted by molar-refractivity contribution is -0.120. The molecule has 0 aliphatic carbocycles. The van der Waals surface area contributed by atoms with Crippen LogP contribution in [0.2, 0.25) is 0 Å². The van der Waals surface area contributed by atoms with Gasteiger partial charge in [-0.2, -0.15) is 0 Å². The number of rotatable bonds is 2. The van der Waals surface area contributed by atoms with Gasteiger partial charge in [0.05, 0.1) is 5.66 Å². The number of hydrogen-bond acceptors (Lipinski definition) is 2. The van der Waals surface area contributed by atoms with Crippen molar-refractivity contribution in [3.8, 4) is 0 Å². The summed E-state index contributed by atoms with van der Waals surface area (Å²) in [4.78, 5) is 11.3. The van der Waals surface area contributed by atoms with Crippen LogP contribution in [-0.4, -0.2) is 11.6 Å². The minimum atomic E-state index is -0.719. The second kappa shape index (κ2) is 3.50. The first-order valence-corrected chi connectivity index (χ1v) is 4.35. The number of amides is 1. The maximum Gasteiger partial charge on any atom is 0.247 e. The average molecular weight is 184 g/mol. The molecule has 0 aromatic heterocycles. The molecule has 13 heavy (non-hydrogen) atoms. The van der Waals surface area contributed by atoms with Crippen LogP contribution in [0, 0.1) is 5.41 Å². The van der Waals surface area contributed by atoms with E-state index in [4.69, 9.17) is 5.73 Å². The summed E-state index contributed by atoms with van der Waals surface area (Å²) in [5, 5.41) is 2.73. The Hall–Kier alpha value is -0.830. The number of nitrogens with one attached hydrogen (secondary N) is 1. The topological polar surface area (TPSA) is 55.1 Å². The fourth-order valence-corrected chi connectivity index (χ4v) is 0.530. The molecule has 0 aliphatic heterocycles. The van der Waals surface area contributed by atoms with Crippen LogP contribution in [0.5, 0.6) is 0 Å². The zero-order valence-corrected chi connectivity index (χ0v) is 9.19. The molecule has 1 atom stereocenters. The van der Waals surface area contributed by atoms with Gasteiger partial charge in [-0.3, -0.25) is 4.79 Å². The third-order valence-corrected chi connectivity index (χ3v) is 2.32. The van der Waals surface area contributed by atoms with Crippen LogP contribution in [0.1, 0.15) is 34.6 Å². The van der Waals surface area contributed by atoms with Gasteiger partial charge in [-0.05, 0) is 19.3 Å². The molecule has 0 bridgehead atoms. The van der Waals surface area contributed by atoms with Crippen LogP contribution in [0.3, 0.4) is 0 Å². The highest BCUT2D eigenvalue weighted by Crippen LogP contribution is 2.25. The van der Waals surface area contributed by atoms with Crippen LogP contribution in [0.4, 0.5) is 0 Å². The average Bonchev–Trinajstić information content (AvgIpc) is 1.83. The molecule has 1 unspecified atom stereocenters. The summed E-state index contributed by atoms with van der Waals surface area (Å²) >= 11 is 0. The highest BCUT2D eigenvalue weighted by molar-refractivity contribution is 5.92. The van der Waals surface area contributed by atoms with Crippen molar-refractivity contribution in [2.45, 2.75) is 40.3 Å². The smallest absolute Gasteiger partial charge is 0.247 e. The highest BCUT2D eigenvalue weighted by Gasteiger charge is 2.34. The standard InChI is InChI=1S/C10H20N2O/c1-7(2)8(13)12-10(6,11)9(3,4)5/h1,11H2,2-6H3,(H,12,13). The van der Waals surface area contributed by atoms with Crippen molar-refractivity contribution in [2.75, 3.05) is 0 Å². The lowest BCUT2D eigenvalue weighted by Gasteiger charge is -2.39. The monoisotopic (exact) mass is 184 g/mol. The predicted octanol–water partition coefficient (Wildman–Crippen LogP) is 1.40. The quantitative estimate of drug-likeness (QED) is 0.503. The fraction of sp³-hybridized carbons (Fsp3) is 0.700. The summed E-state index contributed by atoms with van der Waals surface area (Å²) in [6, 6.07) is 0. The number of carbonyl (C=O) groups excluding carboxylic acids is 1. The van der Waals surface area contributed by atoms with E-state index in [0.717, 1.165) is 0 Å². The van der Waals surface area contributed by atoms with Gasteiger partial charge in [0, 0.05) is 5.57 Å². The van der Waals surface area contributed by atoms with Gasteiger partial charge in [-0.1, -0.05) is 27.4 Å². The Kier molecular flexibility index (Phi) is 3.28. The van der Waals surface area contributed by atoms with E-state index in [1.165, 1.54) is 0 Å². The van der Waals surface area contributed by atoms with Crippen molar-refractivity contribution >= 4 is 5.91 Å². The molecule has 0 spiro atoms. The zero-order chi connectivity index (χ0) is 10.9. The Morgan fingerprint density at radius 2 is 1.69 bits per heavy atom. The van der Waals surface area contributed by atoms with Crippen molar-refractivity contribution in [3.05, 3.63) is 12.2 Å². The van der Waals surface area contributed by atoms with Gasteiger partial charge in [0.2, 0.25) is 5.91 Å². The van der Waals surface area contributed by atoms with E-state index in [9.17, 15) is 4.79 Å². The zero-order valence-electron chi connectivity index (χ0n) is 9.19. The molecule has 3 nitrogen and oxygen atoms in total. The molecule has 3 N–H and O–H groups in total. The lowest BCUT2D eigenvalue weighted by Crippen LogP contribution is -2.61. The molecule has 0 radical (unpaired) electrons. The van der Waals surface area contributed by atoms with Crippen LogP contribution in [0.15, 0.2) is 12.2 Å². The Morgan fingerprint density at radius 1 is 1.31 bits per heavy atom. The maximum absolute atomic E-state index is 11.3. The molecule has 0 aromatic carbocycles. The van der Waals surface area contributed by atoms with Gasteiger partial charge in [0.25, 0.3) is 0 Å². The molecular weight excluding hydrogens is 164 g/mol. The van der Waals surface area contributed by atoms with E-state index in [2.05, 4.69) is 11.9 Å². The Bertz CT molecular complexity index is 224. The van der Waals surface area contributed by atoms with E-state index < -0.39 is 5.66 Å². The summed E-state index contributed by atoms with van der Waals surface area (Å²) in [6.07, 6.45) is 0. The van der Waals surface area contributed by atoms with E-state index in [1.54, 1.807) is 13.8 Å². The van der Waals surface area contributed by atoms with Gasteiger partial charge in [0.1, 0.15) is 0 Å². The molecule has 76 valence electrons. The van der Waals surface area contributed by atoms with Gasteiger partial charge in [-0.15, -0.1) is 0 Å². The summed E-state index contributed by atoms with van der Waals surface area (Å²) in [6.45, 7) is 12.9. The molecule has 1 amide bonds. The third kappa shape index (κ3) is 3.19. The van der Waals surface area contributed by atoms with Crippen molar-refractivity contribution < 1.29 is 4.79 Å². The highest BCUT2D eigenvalue weighted by atomic mass is 16.1. The van der Waals surface area contributed by atoms with E-state index in [0.29, 0.717) is 5.57 Å². The summed E-state index contributed by atoms with van der Waals surface area (Å²) < 4.78 is 0. The number of hydrogen-bond donors (Lipinski definition) is 2. The molecule has 0 heterocycles. The van der Waals surface area contributed by atoms with Crippen molar-refractivity contribution in [1.29, 1.82) is 0 Å². The second-order valence-electron chi connectivity index (χ2n) is 4.69. The largest absolute Gasteiger partial charge is 0.334 e. The van der Waals surface area contributed by atoms with E-state index in [1.807, 2.05) is 20.8 Å². The Morgan fingerprint density at radius 3 is 1.92 bits per heavy atom. The van der Waals surface area contributed by atoms with Crippen LogP contribution in [-0.2, 0) is 4.79 Å². The second-order valence-corrected chi connectivity index (χ2v) is 4.69.